The van der Waals surface area contributed by atoms with Gasteiger partial charge >= 0.3 is 0 Å². The minimum absolute atomic E-state index is 0.168. The molecule has 0 atom stereocenters. The fourth-order valence-electron chi connectivity index (χ4n) is 3.56. The highest BCUT2D eigenvalue weighted by atomic mass is 35.5. The summed E-state index contributed by atoms with van der Waals surface area (Å²) in [5.41, 5.74) is 3.98. The SMILES string of the molecule is O=C(CO)N1CCC(c2[nH]nc(-c3ccc(Cl)cc3)c2-c2cnnnn2)CC1. The van der Waals surface area contributed by atoms with Crippen molar-refractivity contribution in [2.45, 2.75) is 18.8 Å². The molecule has 144 valence electrons. The lowest BCUT2D eigenvalue weighted by Gasteiger charge is -2.31. The number of aromatic amines is 1. The molecule has 0 radical (unpaired) electrons. The summed E-state index contributed by atoms with van der Waals surface area (Å²) < 4.78 is 0. The van der Waals surface area contributed by atoms with E-state index in [0.29, 0.717) is 23.8 Å². The maximum Gasteiger partial charge on any atom is 0.248 e. The van der Waals surface area contributed by atoms with Crippen molar-refractivity contribution < 1.29 is 9.90 Å². The fourth-order valence-corrected chi connectivity index (χ4v) is 3.68. The molecule has 1 saturated heterocycles. The van der Waals surface area contributed by atoms with E-state index in [0.717, 1.165) is 35.4 Å². The van der Waals surface area contributed by atoms with Crippen LogP contribution in [-0.2, 0) is 4.79 Å². The summed E-state index contributed by atoms with van der Waals surface area (Å²) in [6, 6.07) is 7.42. The first kappa shape index (κ1) is 18.5. The van der Waals surface area contributed by atoms with E-state index in [9.17, 15) is 4.79 Å². The number of aliphatic hydroxyl groups is 1. The highest BCUT2D eigenvalue weighted by Gasteiger charge is 2.29. The molecule has 4 rings (SSSR count). The number of carbonyl (C=O) groups excluding carboxylic acids is 1. The van der Waals surface area contributed by atoms with Gasteiger partial charge in [-0.2, -0.15) is 5.10 Å². The zero-order chi connectivity index (χ0) is 19.5. The number of amides is 1. The molecule has 0 bridgehead atoms. The minimum atomic E-state index is -0.459. The normalized spacial score (nSPS) is 15.0. The van der Waals surface area contributed by atoms with E-state index in [2.05, 4.69) is 30.8 Å². The molecule has 2 aromatic heterocycles. The van der Waals surface area contributed by atoms with Crippen molar-refractivity contribution in [1.82, 2.24) is 35.7 Å². The number of H-pyrrole nitrogens is 1. The fraction of sp³-hybridized carbons (Fsp3) is 0.333. The number of benzene rings is 1. The van der Waals surface area contributed by atoms with Gasteiger partial charge in [-0.3, -0.25) is 9.89 Å². The van der Waals surface area contributed by atoms with E-state index < -0.39 is 6.61 Å². The first-order valence-electron chi connectivity index (χ1n) is 8.91. The molecule has 0 unspecified atom stereocenters. The third-order valence-electron chi connectivity index (χ3n) is 4.98. The summed E-state index contributed by atoms with van der Waals surface area (Å²) in [4.78, 5) is 13.4. The molecule has 28 heavy (non-hydrogen) atoms. The van der Waals surface area contributed by atoms with Crippen molar-refractivity contribution in [3.05, 3.63) is 41.2 Å². The number of nitrogens with one attached hydrogen (secondary N) is 1. The second-order valence-corrected chi connectivity index (χ2v) is 7.03. The Balaban J connectivity index is 1.70. The maximum absolute atomic E-state index is 11.7. The Kier molecular flexibility index (Phi) is 5.27. The number of carbonyl (C=O) groups is 1. The quantitative estimate of drug-likeness (QED) is 0.684. The lowest BCUT2D eigenvalue weighted by molar-refractivity contribution is -0.135. The Bertz CT molecular complexity index is 954. The van der Waals surface area contributed by atoms with E-state index in [4.69, 9.17) is 16.7 Å². The highest BCUT2D eigenvalue weighted by molar-refractivity contribution is 6.30. The monoisotopic (exact) mass is 399 g/mol. The Labute approximate surface area is 165 Å². The van der Waals surface area contributed by atoms with E-state index in [-0.39, 0.29) is 11.8 Å². The smallest absolute Gasteiger partial charge is 0.248 e. The average Bonchev–Trinajstić information content (AvgIpc) is 3.19. The predicted octanol–water partition coefficient (Wildman–Crippen LogP) is 1.68. The maximum atomic E-state index is 11.7. The Morgan fingerprint density at radius 1 is 1.21 bits per heavy atom. The molecule has 0 saturated carbocycles. The van der Waals surface area contributed by atoms with Crippen molar-refractivity contribution in [2.75, 3.05) is 19.7 Å². The van der Waals surface area contributed by atoms with Crippen LogP contribution < -0.4 is 0 Å². The van der Waals surface area contributed by atoms with Gasteiger partial charge in [-0.25, -0.2) is 0 Å². The molecule has 1 fully saturated rings. The molecule has 1 aliphatic rings. The third-order valence-corrected chi connectivity index (χ3v) is 5.24. The summed E-state index contributed by atoms with van der Waals surface area (Å²) in [6.45, 7) is 0.705. The number of aliphatic hydroxyl groups excluding tert-OH is 1. The lowest BCUT2D eigenvalue weighted by Crippen LogP contribution is -2.39. The van der Waals surface area contributed by atoms with Crippen LogP contribution in [0.3, 0.4) is 0 Å². The van der Waals surface area contributed by atoms with Crippen LogP contribution in [0.25, 0.3) is 22.5 Å². The summed E-state index contributed by atoms with van der Waals surface area (Å²) >= 11 is 6.02. The standard InChI is InChI=1S/C18H18ClN7O2/c19-13-3-1-11(2-4-13)17-16(14-9-20-24-25-21-14)18(23-22-17)12-5-7-26(8-6-12)15(28)10-27/h1-4,9,12,27H,5-8,10H2,(H,22,23). The van der Waals surface area contributed by atoms with Crippen LogP contribution in [0.2, 0.25) is 5.02 Å². The minimum Gasteiger partial charge on any atom is -0.387 e. The van der Waals surface area contributed by atoms with Crippen LogP contribution in [0.4, 0.5) is 0 Å². The number of likely N-dealkylation sites (tertiary alicyclic amines) is 1. The van der Waals surface area contributed by atoms with Gasteiger partial charge in [-0.1, -0.05) is 23.7 Å². The topological polar surface area (TPSA) is 121 Å². The van der Waals surface area contributed by atoms with Crippen molar-refractivity contribution >= 4 is 17.5 Å². The van der Waals surface area contributed by atoms with Gasteiger partial charge in [-0.05, 0) is 35.4 Å². The second kappa shape index (κ2) is 7.99. The predicted molar refractivity (Wildman–Crippen MR) is 101 cm³/mol. The summed E-state index contributed by atoms with van der Waals surface area (Å²) in [5, 5.41) is 32.6. The number of halogens is 1. The van der Waals surface area contributed by atoms with Crippen molar-refractivity contribution in [3.8, 4) is 22.5 Å². The molecular formula is C18H18ClN7O2. The van der Waals surface area contributed by atoms with Crippen LogP contribution in [-0.4, -0.2) is 66.4 Å². The molecule has 2 N–H and O–H groups in total. The molecule has 1 aromatic carbocycles. The van der Waals surface area contributed by atoms with Crippen LogP contribution in [0, 0.1) is 0 Å². The summed E-state index contributed by atoms with van der Waals surface area (Å²) in [7, 11) is 0. The first-order chi connectivity index (χ1) is 13.7. The number of aromatic nitrogens is 6. The van der Waals surface area contributed by atoms with E-state index in [1.54, 1.807) is 11.1 Å². The van der Waals surface area contributed by atoms with Gasteiger partial charge in [0.1, 0.15) is 18.0 Å². The van der Waals surface area contributed by atoms with Gasteiger partial charge in [0.15, 0.2) is 0 Å². The van der Waals surface area contributed by atoms with E-state index in [1.807, 2.05) is 24.3 Å². The molecule has 0 aliphatic carbocycles. The molecule has 10 heteroatoms. The van der Waals surface area contributed by atoms with Crippen molar-refractivity contribution in [1.29, 1.82) is 0 Å². The number of nitrogens with zero attached hydrogens (tertiary/aromatic N) is 6. The van der Waals surface area contributed by atoms with Crippen LogP contribution in [0.15, 0.2) is 30.5 Å². The number of piperidine rings is 1. The molecule has 9 nitrogen and oxygen atoms in total. The zero-order valence-corrected chi connectivity index (χ0v) is 15.7. The second-order valence-electron chi connectivity index (χ2n) is 6.59. The molecule has 1 amide bonds. The first-order valence-corrected chi connectivity index (χ1v) is 9.29. The van der Waals surface area contributed by atoms with Gasteiger partial charge in [-0.15, -0.1) is 10.2 Å². The molecule has 3 aromatic rings. The summed E-state index contributed by atoms with van der Waals surface area (Å²) in [6.07, 6.45) is 3.07. The van der Waals surface area contributed by atoms with Crippen molar-refractivity contribution in [3.63, 3.8) is 0 Å². The Hall–Kier alpha value is -2.91. The van der Waals surface area contributed by atoms with Gasteiger partial charge < -0.3 is 10.0 Å². The summed E-state index contributed by atoms with van der Waals surface area (Å²) in [5.74, 6) is -0.0735. The third kappa shape index (κ3) is 3.58. The lowest BCUT2D eigenvalue weighted by atomic mass is 9.89. The number of hydrogen-bond acceptors (Lipinski definition) is 7. The molecule has 3 heterocycles. The van der Waals surface area contributed by atoms with E-state index >= 15 is 0 Å². The van der Waals surface area contributed by atoms with E-state index in [1.165, 1.54) is 0 Å². The van der Waals surface area contributed by atoms with Crippen molar-refractivity contribution in [2.24, 2.45) is 0 Å². The number of rotatable bonds is 4. The van der Waals surface area contributed by atoms with Crippen LogP contribution >= 0.6 is 11.6 Å². The molecule has 1 aliphatic heterocycles. The van der Waals surface area contributed by atoms with Gasteiger partial charge in [0.25, 0.3) is 0 Å². The van der Waals surface area contributed by atoms with Gasteiger partial charge in [0.2, 0.25) is 5.91 Å². The van der Waals surface area contributed by atoms with Crippen LogP contribution in [0.1, 0.15) is 24.5 Å². The molecule has 0 spiro atoms. The number of hydrogen-bond donors (Lipinski definition) is 2. The Morgan fingerprint density at radius 3 is 2.61 bits per heavy atom. The molecular weight excluding hydrogens is 382 g/mol. The zero-order valence-electron chi connectivity index (χ0n) is 14.9. The largest absolute Gasteiger partial charge is 0.387 e. The highest BCUT2D eigenvalue weighted by Crippen LogP contribution is 2.38. The Morgan fingerprint density at radius 2 is 1.96 bits per heavy atom. The average molecular weight is 400 g/mol. The van der Waals surface area contributed by atoms with Crippen LogP contribution in [0.5, 0.6) is 0 Å². The van der Waals surface area contributed by atoms with Gasteiger partial charge in [0.05, 0.1) is 11.8 Å². The van der Waals surface area contributed by atoms with Gasteiger partial charge in [0, 0.05) is 35.3 Å².